The van der Waals surface area contributed by atoms with Crippen LogP contribution in [0.4, 0.5) is 5.69 Å². The van der Waals surface area contributed by atoms with Gasteiger partial charge in [-0.05, 0) is 36.1 Å². The Hall–Kier alpha value is -2.62. The van der Waals surface area contributed by atoms with Gasteiger partial charge in [0.25, 0.3) is 0 Å². The van der Waals surface area contributed by atoms with Gasteiger partial charge in [-0.15, -0.1) is 24.0 Å². The van der Waals surface area contributed by atoms with Crippen molar-refractivity contribution in [2.45, 2.75) is 38.3 Å². The lowest BCUT2D eigenvalue weighted by molar-refractivity contribution is -0.132. The first-order valence-corrected chi connectivity index (χ1v) is 11.3. The molecule has 1 saturated heterocycles. The number of guanidine groups is 1. The quantitative estimate of drug-likeness (QED) is 0.246. The molecule has 8 heteroatoms. The number of rotatable bonds is 6. The number of halogens is 1. The van der Waals surface area contributed by atoms with Crippen molar-refractivity contribution in [1.29, 1.82) is 0 Å². The molecule has 0 aromatic heterocycles. The lowest BCUT2D eigenvalue weighted by Gasteiger charge is -2.29. The maximum Gasteiger partial charge on any atom is 0.229 e. The Kier molecular flexibility index (Phi) is 9.11. The topological polar surface area (TPSA) is 77.0 Å². The Labute approximate surface area is 212 Å². The number of hydrogen-bond donors (Lipinski definition) is 2. The number of hydrogen-bond acceptors (Lipinski definition) is 3. The van der Waals surface area contributed by atoms with E-state index in [9.17, 15) is 9.59 Å². The fraction of sp³-hybridized carbons (Fsp3) is 0.400. The van der Waals surface area contributed by atoms with E-state index in [2.05, 4.69) is 33.8 Å². The van der Waals surface area contributed by atoms with Crippen LogP contribution < -0.4 is 15.5 Å². The molecule has 0 bridgehead atoms. The number of para-hydroxylation sites is 1. The maximum absolute atomic E-state index is 12.6. The summed E-state index contributed by atoms with van der Waals surface area (Å²) in [4.78, 5) is 33.1. The predicted molar refractivity (Wildman–Crippen MR) is 142 cm³/mol. The van der Waals surface area contributed by atoms with Crippen LogP contribution in [0.5, 0.6) is 0 Å². The van der Waals surface area contributed by atoms with Crippen molar-refractivity contribution >= 4 is 47.4 Å². The van der Waals surface area contributed by atoms with Crippen molar-refractivity contribution in [3.63, 3.8) is 0 Å². The molecule has 1 fully saturated rings. The van der Waals surface area contributed by atoms with E-state index in [4.69, 9.17) is 0 Å². The summed E-state index contributed by atoms with van der Waals surface area (Å²) in [6.45, 7) is 2.76. The minimum absolute atomic E-state index is 0. The van der Waals surface area contributed by atoms with E-state index in [0.717, 1.165) is 25.1 Å². The van der Waals surface area contributed by atoms with Gasteiger partial charge in [-0.25, -0.2) is 0 Å². The van der Waals surface area contributed by atoms with Crippen LogP contribution in [-0.4, -0.2) is 55.4 Å². The Bertz CT molecular complexity index is 982. The summed E-state index contributed by atoms with van der Waals surface area (Å²) in [6, 6.07) is 18.1. The van der Waals surface area contributed by atoms with Crippen molar-refractivity contribution < 1.29 is 9.59 Å². The average Bonchev–Trinajstić information content (AvgIpc) is 3.20. The highest BCUT2D eigenvalue weighted by Crippen LogP contribution is 2.21. The zero-order valence-corrected chi connectivity index (χ0v) is 21.3. The van der Waals surface area contributed by atoms with Gasteiger partial charge < -0.3 is 20.4 Å². The summed E-state index contributed by atoms with van der Waals surface area (Å²) in [5.41, 5.74) is 3.53. The number of aliphatic imine (C=N–C) groups is 1. The largest absolute Gasteiger partial charge is 0.356 e. The number of anilines is 1. The minimum Gasteiger partial charge on any atom is -0.356 e. The molecular weight excluding hydrogens is 529 g/mol. The lowest BCUT2D eigenvalue weighted by atomic mass is 9.99. The number of fused-ring (bicyclic) bond motifs is 1. The molecular formula is C25H32IN5O2. The molecule has 33 heavy (non-hydrogen) atoms. The SMILES string of the molecule is CN=C(NCCCC(=O)N1CCc2ccccc2C1)NC1CC(=O)N(c2ccccc2)C1.I. The van der Waals surface area contributed by atoms with Crippen LogP contribution in [0.3, 0.4) is 0 Å². The molecule has 2 aromatic rings. The number of nitrogens with one attached hydrogen (secondary N) is 2. The van der Waals surface area contributed by atoms with Gasteiger partial charge >= 0.3 is 0 Å². The number of carbonyl (C=O) groups excluding carboxylic acids is 2. The summed E-state index contributed by atoms with van der Waals surface area (Å²) >= 11 is 0. The number of benzene rings is 2. The summed E-state index contributed by atoms with van der Waals surface area (Å²) in [7, 11) is 1.72. The Morgan fingerprint density at radius 1 is 1.09 bits per heavy atom. The smallest absolute Gasteiger partial charge is 0.229 e. The van der Waals surface area contributed by atoms with Crippen LogP contribution in [0.25, 0.3) is 0 Å². The fourth-order valence-electron chi connectivity index (χ4n) is 4.36. The minimum atomic E-state index is 0. The molecule has 176 valence electrons. The van der Waals surface area contributed by atoms with Crippen molar-refractivity contribution in [3.8, 4) is 0 Å². The van der Waals surface area contributed by atoms with E-state index in [0.29, 0.717) is 38.4 Å². The number of carbonyl (C=O) groups is 2. The van der Waals surface area contributed by atoms with E-state index in [1.54, 1.807) is 11.9 Å². The van der Waals surface area contributed by atoms with Crippen LogP contribution in [0.2, 0.25) is 0 Å². The summed E-state index contributed by atoms with van der Waals surface area (Å²) in [6.07, 6.45) is 2.61. The highest BCUT2D eigenvalue weighted by atomic mass is 127. The monoisotopic (exact) mass is 561 g/mol. The molecule has 0 radical (unpaired) electrons. The Morgan fingerprint density at radius 3 is 2.58 bits per heavy atom. The van der Waals surface area contributed by atoms with Crippen molar-refractivity contribution in [2.24, 2.45) is 4.99 Å². The average molecular weight is 561 g/mol. The fourth-order valence-corrected chi connectivity index (χ4v) is 4.36. The number of nitrogens with zero attached hydrogens (tertiary/aromatic N) is 3. The van der Waals surface area contributed by atoms with Crippen molar-refractivity contribution in [2.75, 3.05) is 31.6 Å². The third-order valence-electron chi connectivity index (χ3n) is 6.10. The zero-order chi connectivity index (χ0) is 22.3. The molecule has 2 aliphatic heterocycles. The summed E-state index contributed by atoms with van der Waals surface area (Å²) in [5, 5.41) is 6.62. The van der Waals surface area contributed by atoms with Crippen LogP contribution in [0.1, 0.15) is 30.4 Å². The molecule has 0 saturated carbocycles. The second kappa shape index (κ2) is 12.0. The van der Waals surface area contributed by atoms with Crippen LogP contribution >= 0.6 is 24.0 Å². The van der Waals surface area contributed by atoms with E-state index < -0.39 is 0 Å². The van der Waals surface area contributed by atoms with Gasteiger partial charge in [-0.3, -0.25) is 14.6 Å². The van der Waals surface area contributed by atoms with E-state index in [-0.39, 0.29) is 41.8 Å². The van der Waals surface area contributed by atoms with Crippen molar-refractivity contribution in [3.05, 3.63) is 65.7 Å². The van der Waals surface area contributed by atoms with Gasteiger partial charge in [-0.2, -0.15) is 0 Å². The molecule has 2 amide bonds. The maximum atomic E-state index is 12.6. The molecule has 2 aliphatic rings. The van der Waals surface area contributed by atoms with Crippen LogP contribution in [0.15, 0.2) is 59.6 Å². The third-order valence-corrected chi connectivity index (χ3v) is 6.10. The van der Waals surface area contributed by atoms with E-state index in [1.165, 1.54) is 11.1 Å². The second-order valence-corrected chi connectivity index (χ2v) is 8.32. The predicted octanol–water partition coefficient (Wildman–Crippen LogP) is 2.94. The molecule has 1 unspecified atom stereocenters. The molecule has 2 heterocycles. The first-order chi connectivity index (χ1) is 15.6. The van der Waals surface area contributed by atoms with Gasteiger partial charge in [0.15, 0.2) is 5.96 Å². The molecule has 7 nitrogen and oxygen atoms in total. The first-order valence-electron chi connectivity index (χ1n) is 11.3. The van der Waals surface area contributed by atoms with Gasteiger partial charge in [-0.1, -0.05) is 42.5 Å². The summed E-state index contributed by atoms with van der Waals surface area (Å²) in [5.74, 6) is 0.971. The van der Waals surface area contributed by atoms with Crippen LogP contribution in [0, 0.1) is 0 Å². The van der Waals surface area contributed by atoms with Crippen LogP contribution in [-0.2, 0) is 22.6 Å². The molecule has 0 spiro atoms. The van der Waals surface area contributed by atoms with Gasteiger partial charge in [0.2, 0.25) is 11.8 Å². The first kappa shape index (κ1) is 25.0. The van der Waals surface area contributed by atoms with Crippen molar-refractivity contribution in [1.82, 2.24) is 15.5 Å². The van der Waals surface area contributed by atoms with E-state index in [1.807, 2.05) is 41.3 Å². The Morgan fingerprint density at radius 2 is 1.82 bits per heavy atom. The normalized spacial score (nSPS) is 17.9. The Balaban J connectivity index is 0.00000306. The van der Waals surface area contributed by atoms with E-state index >= 15 is 0 Å². The highest BCUT2D eigenvalue weighted by molar-refractivity contribution is 14.0. The molecule has 0 aliphatic carbocycles. The molecule has 2 N–H and O–H groups in total. The summed E-state index contributed by atoms with van der Waals surface area (Å²) < 4.78 is 0. The molecule has 4 rings (SSSR count). The number of amides is 2. The highest BCUT2D eigenvalue weighted by Gasteiger charge is 2.31. The third kappa shape index (κ3) is 6.46. The standard InChI is InChI=1S/C25H31N5O2.HI/c1-26-25(28-21-16-24(32)30(18-21)22-10-3-2-4-11-22)27-14-7-12-23(31)29-15-13-19-8-5-6-9-20(19)17-29;/h2-6,8-11,21H,7,12-18H2,1H3,(H2,26,27,28);1H. The zero-order valence-electron chi connectivity index (χ0n) is 19.0. The lowest BCUT2D eigenvalue weighted by Crippen LogP contribution is -2.45. The van der Waals surface area contributed by atoms with Gasteiger partial charge in [0.05, 0.1) is 6.04 Å². The molecule has 1 atom stereocenters. The van der Waals surface area contributed by atoms with Gasteiger partial charge in [0, 0.05) is 51.8 Å². The van der Waals surface area contributed by atoms with Gasteiger partial charge in [0.1, 0.15) is 0 Å². The second-order valence-electron chi connectivity index (χ2n) is 8.32. The molecule has 2 aromatic carbocycles.